The highest BCUT2D eigenvalue weighted by Crippen LogP contribution is 2.33. The number of nitrogens with two attached hydrogens (primary N) is 1. The Morgan fingerprint density at radius 1 is 1.29 bits per heavy atom. The average Bonchev–Trinajstić information content (AvgIpc) is 2.45. The Morgan fingerprint density at radius 2 is 2.00 bits per heavy atom. The predicted octanol–water partition coefficient (Wildman–Crippen LogP) is 2.61. The fraction of sp³-hybridized carbons (Fsp3) is 0.0714. The third-order valence-electron chi connectivity index (χ3n) is 2.96. The molecule has 0 spiro atoms. The summed E-state index contributed by atoms with van der Waals surface area (Å²) in [5, 5.41) is 21.8. The van der Waals surface area contributed by atoms with Gasteiger partial charge in [-0.15, -0.1) is 0 Å². The number of hydrogen-bond donors (Lipinski definition) is 3. The zero-order valence-corrected chi connectivity index (χ0v) is 10.9. The summed E-state index contributed by atoms with van der Waals surface area (Å²) in [4.78, 5) is 20.9. The smallest absolute Gasteiger partial charge is 0.404 e. The third kappa shape index (κ3) is 3.27. The van der Waals surface area contributed by atoms with Crippen LogP contribution in [0.25, 0.3) is 11.1 Å². The van der Waals surface area contributed by atoms with Crippen LogP contribution in [0, 0.1) is 10.1 Å². The summed E-state index contributed by atoms with van der Waals surface area (Å²) >= 11 is 0. The molecule has 0 fully saturated rings. The fourth-order valence-corrected chi connectivity index (χ4v) is 1.99. The van der Waals surface area contributed by atoms with Crippen molar-refractivity contribution in [3.63, 3.8) is 0 Å². The number of nitrogen functional groups attached to an aromatic ring is 1. The van der Waals surface area contributed by atoms with Gasteiger partial charge in [0.1, 0.15) is 5.69 Å². The highest BCUT2D eigenvalue weighted by Gasteiger charge is 2.15. The second-order valence-electron chi connectivity index (χ2n) is 4.35. The molecule has 0 aliphatic heterocycles. The number of nitrogens with one attached hydrogen (secondary N) is 1. The number of benzene rings is 2. The maximum absolute atomic E-state index is 10.9. The van der Waals surface area contributed by atoms with Gasteiger partial charge in [0.15, 0.2) is 0 Å². The highest BCUT2D eigenvalue weighted by molar-refractivity contribution is 5.82. The first kappa shape index (κ1) is 14.3. The lowest BCUT2D eigenvalue weighted by Gasteiger charge is -2.08. The van der Waals surface area contributed by atoms with Crippen molar-refractivity contribution in [1.29, 1.82) is 0 Å². The van der Waals surface area contributed by atoms with E-state index in [9.17, 15) is 14.9 Å². The van der Waals surface area contributed by atoms with Crippen molar-refractivity contribution in [2.24, 2.45) is 0 Å². The van der Waals surface area contributed by atoms with Gasteiger partial charge in [-0.1, -0.05) is 30.3 Å². The van der Waals surface area contributed by atoms with Crippen molar-refractivity contribution in [3.8, 4) is 11.1 Å². The van der Waals surface area contributed by atoms with E-state index in [0.29, 0.717) is 11.1 Å². The van der Waals surface area contributed by atoms with E-state index in [1.54, 1.807) is 36.4 Å². The van der Waals surface area contributed by atoms with Crippen molar-refractivity contribution in [2.45, 2.75) is 6.54 Å². The number of nitro groups is 1. The van der Waals surface area contributed by atoms with Gasteiger partial charge in [0.25, 0.3) is 5.69 Å². The minimum atomic E-state index is -1.12. The normalized spacial score (nSPS) is 10.1. The summed E-state index contributed by atoms with van der Waals surface area (Å²) in [6.45, 7) is 0.151. The first-order valence-electron chi connectivity index (χ1n) is 6.08. The molecule has 0 aliphatic carbocycles. The Kier molecular flexibility index (Phi) is 4.03. The van der Waals surface area contributed by atoms with E-state index in [2.05, 4.69) is 5.32 Å². The van der Waals surface area contributed by atoms with Gasteiger partial charge in [0.05, 0.1) is 4.92 Å². The molecule has 0 saturated heterocycles. The van der Waals surface area contributed by atoms with Gasteiger partial charge in [0, 0.05) is 18.2 Å². The summed E-state index contributed by atoms with van der Waals surface area (Å²) < 4.78 is 0. The lowest BCUT2D eigenvalue weighted by molar-refractivity contribution is -0.383. The lowest BCUT2D eigenvalue weighted by atomic mass is 10.0. The van der Waals surface area contributed by atoms with Crippen LogP contribution in [0.4, 0.5) is 16.2 Å². The number of nitrogens with zero attached hydrogens (tertiary/aromatic N) is 1. The number of nitro benzene ring substituents is 1. The van der Waals surface area contributed by atoms with E-state index in [-0.39, 0.29) is 17.9 Å². The number of rotatable bonds is 4. The van der Waals surface area contributed by atoms with Crippen LogP contribution in [0.3, 0.4) is 0 Å². The number of carboxylic acid groups (broad SMARTS) is 1. The Labute approximate surface area is 120 Å². The molecule has 0 saturated carbocycles. The molecule has 1 amide bonds. The number of carbonyl (C=O) groups is 1. The fourth-order valence-electron chi connectivity index (χ4n) is 1.99. The molecule has 0 heterocycles. The van der Waals surface area contributed by atoms with Gasteiger partial charge < -0.3 is 16.2 Å². The first-order valence-corrected chi connectivity index (χ1v) is 6.08. The van der Waals surface area contributed by atoms with Gasteiger partial charge in [-0.2, -0.15) is 0 Å². The molecule has 2 rings (SSSR count). The Morgan fingerprint density at radius 3 is 2.67 bits per heavy atom. The molecule has 4 N–H and O–H groups in total. The molecule has 7 nitrogen and oxygen atoms in total. The lowest BCUT2D eigenvalue weighted by Crippen LogP contribution is -2.19. The molecule has 2 aromatic rings. The van der Waals surface area contributed by atoms with Crippen LogP contribution in [0.5, 0.6) is 0 Å². The molecule has 7 heteroatoms. The van der Waals surface area contributed by atoms with E-state index in [4.69, 9.17) is 10.8 Å². The van der Waals surface area contributed by atoms with Gasteiger partial charge in [0.2, 0.25) is 0 Å². The minimum absolute atomic E-state index is 0.0887. The van der Waals surface area contributed by atoms with Gasteiger partial charge in [-0.05, 0) is 17.2 Å². The van der Waals surface area contributed by atoms with Crippen LogP contribution in [0.2, 0.25) is 0 Å². The largest absolute Gasteiger partial charge is 0.465 e. The quantitative estimate of drug-likeness (QED) is 0.453. The van der Waals surface area contributed by atoms with Crippen LogP contribution in [-0.2, 0) is 6.54 Å². The molecule has 0 unspecified atom stereocenters. The summed E-state index contributed by atoms with van der Waals surface area (Å²) in [6, 6.07) is 11.6. The summed E-state index contributed by atoms with van der Waals surface area (Å²) in [5.74, 6) is 0. The number of anilines is 1. The van der Waals surface area contributed by atoms with Crippen LogP contribution in [-0.4, -0.2) is 16.1 Å². The Bertz CT molecular complexity index is 700. The first-order chi connectivity index (χ1) is 9.99. The SMILES string of the molecule is Nc1c(-c2cccc(CNC(=O)O)c2)cccc1[N+](=O)[O-]. The monoisotopic (exact) mass is 287 g/mol. The third-order valence-corrected chi connectivity index (χ3v) is 2.96. The summed E-state index contributed by atoms with van der Waals surface area (Å²) in [6.07, 6.45) is -1.12. The highest BCUT2D eigenvalue weighted by atomic mass is 16.6. The van der Waals surface area contributed by atoms with Crippen molar-refractivity contribution >= 4 is 17.5 Å². The van der Waals surface area contributed by atoms with Gasteiger partial charge in [-0.25, -0.2) is 4.79 Å². The number of hydrogen-bond acceptors (Lipinski definition) is 4. The van der Waals surface area contributed by atoms with Crippen molar-refractivity contribution in [3.05, 3.63) is 58.1 Å². The Hall–Kier alpha value is -3.09. The van der Waals surface area contributed by atoms with Crippen molar-refractivity contribution < 1.29 is 14.8 Å². The van der Waals surface area contributed by atoms with Crippen LogP contribution >= 0.6 is 0 Å². The molecule has 0 radical (unpaired) electrons. The molecular weight excluding hydrogens is 274 g/mol. The van der Waals surface area contributed by atoms with E-state index in [1.165, 1.54) is 6.07 Å². The molecule has 0 bridgehead atoms. The molecule has 2 aromatic carbocycles. The van der Waals surface area contributed by atoms with Crippen molar-refractivity contribution in [2.75, 3.05) is 5.73 Å². The zero-order valence-electron chi connectivity index (χ0n) is 10.9. The summed E-state index contributed by atoms with van der Waals surface area (Å²) in [7, 11) is 0. The molecular formula is C14H13N3O4. The van der Waals surface area contributed by atoms with Crippen LogP contribution < -0.4 is 11.1 Å². The van der Waals surface area contributed by atoms with E-state index in [0.717, 1.165) is 5.56 Å². The molecule has 0 atom stereocenters. The van der Waals surface area contributed by atoms with Gasteiger partial charge in [-0.3, -0.25) is 10.1 Å². The molecule has 0 aliphatic rings. The van der Waals surface area contributed by atoms with Crippen LogP contribution in [0.15, 0.2) is 42.5 Å². The Balaban J connectivity index is 2.38. The molecule has 108 valence electrons. The molecule has 0 aromatic heterocycles. The van der Waals surface area contributed by atoms with Crippen molar-refractivity contribution in [1.82, 2.24) is 5.32 Å². The minimum Gasteiger partial charge on any atom is -0.465 e. The second kappa shape index (κ2) is 5.91. The number of para-hydroxylation sites is 1. The van der Waals surface area contributed by atoms with E-state index < -0.39 is 11.0 Å². The zero-order chi connectivity index (χ0) is 15.4. The van der Waals surface area contributed by atoms with Crippen LogP contribution in [0.1, 0.15) is 5.56 Å². The summed E-state index contributed by atoms with van der Waals surface area (Å²) in [5.41, 5.74) is 7.75. The maximum atomic E-state index is 10.9. The van der Waals surface area contributed by atoms with Gasteiger partial charge >= 0.3 is 6.09 Å². The number of amides is 1. The standard InChI is InChI=1S/C14H13N3O4/c15-13-11(5-2-6-12(13)17(20)21)10-4-1-3-9(7-10)8-16-14(18)19/h1-7,16H,8,15H2,(H,18,19). The average molecular weight is 287 g/mol. The second-order valence-corrected chi connectivity index (χ2v) is 4.35. The molecule has 21 heavy (non-hydrogen) atoms. The van der Waals surface area contributed by atoms with E-state index >= 15 is 0 Å². The maximum Gasteiger partial charge on any atom is 0.404 e. The van der Waals surface area contributed by atoms with E-state index in [1.807, 2.05) is 0 Å². The topological polar surface area (TPSA) is 118 Å². The predicted molar refractivity (Wildman–Crippen MR) is 77.8 cm³/mol.